The highest BCUT2D eigenvalue weighted by Gasteiger charge is 2.40. The first-order valence-electron chi connectivity index (χ1n) is 44.5. The molecule has 0 bridgehead atoms. The second-order valence-electron chi connectivity index (χ2n) is 33.7. The largest absolute Gasteiger partial charge is 0.508 e. The number of aliphatic hydroxyl groups excluding tert-OH is 1. The number of nitrogens with two attached hydrogens (primary N) is 6. The maximum Gasteiger partial charge on any atom is 0.326 e. The number of guanidine groups is 1. The molecular formula is C84H144N24O25. The summed E-state index contributed by atoms with van der Waals surface area (Å²) < 4.78 is 0. The smallest absolute Gasteiger partial charge is 0.326 e. The van der Waals surface area contributed by atoms with Gasteiger partial charge in [-0.25, -0.2) is 4.79 Å². The fourth-order valence-corrected chi connectivity index (χ4v) is 13.0. The molecule has 0 heterocycles. The zero-order valence-electron chi connectivity index (χ0n) is 77.8. The summed E-state index contributed by atoms with van der Waals surface area (Å²) in [6.07, 6.45) is -3.02. The van der Waals surface area contributed by atoms with Crippen molar-refractivity contribution in [3.8, 4) is 5.75 Å². The molecule has 0 radical (unpaired) electrons. The Labute approximate surface area is 772 Å². The van der Waals surface area contributed by atoms with Crippen molar-refractivity contribution < 1.29 is 121 Å². The van der Waals surface area contributed by atoms with Crippen LogP contribution < -0.4 is 125 Å². The average Bonchev–Trinajstić information content (AvgIpc) is 0.849. The van der Waals surface area contributed by atoms with Crippen molar-refractivity contribution in [2.75, 3.05) is 26.2 Å². The molecule has 0 spiro atoms. The molecule has 0 aromatic heterocycles. The van der Waals surface area contributed by atoms with Crippen molar-refractivity contribution in [2.24, 2.45) is 52.2 Å². The third kappa shape index (κ3) is 46.9. The van der Waals surface area contributed by atoms with Gasteiger partial charge in [-0.3, -0.25) is 96.5 Å². The first-order chi connectivity index (χ1) is 62.3. The molecule has 0 aliphatic rings. The average molecular weight is 1890 g/mol. The minimum absolute atomic E-state index is 0.00697. The number of nitrogens with one attached hydrogen (secondary N) is 18. The van der Waals surface area contributed by atoms with Crippen LogP contribution in [0, 0.1) is 23.2 Å². The number of unbranched alkanes of at least 4 members (excludes halogenated alkanes) is 3. The van der Waals surface area contributed by atoms with Crippen molar-refractivity contribution in [1.82, 2.24) is 90.4 Å². The highest BCUT2D eigenvalue weighted by molar-refractivity contribution is 6.02. The minimum atomic E-state index is -1.98. The van der Waals surface area contributed by atoms with Crippen LogP contribution in [0.5, 0.6) is 5.75 Å². The van der Waals surface area contributed by atoms with E-state index in [0.717, 1.165) is 13.8 Å². The number of aromatic hydroxyl groups is 1. The van der Waals surface area contributed by atoms with E-state index in [-0.39, 0.29) is 95.5 Å². The monoisotopic (exact) mass is 1890 g/mol. The van der Waals surface area contributed by atoms with Crippen molar-refractivity contribution in [3.05, 3.63) is 29.8 Å². The lowest BCUT2D eigenvalue weighted by atomic mass is 9.96. The van der Waals surface area contributed by atoms with Crippen LogP contribution in [0.3, 0.4) is 0 Å². The molecule has 0 unspecified atom stereocenters. The standard InChI is InChI=1S/C84H144N24O25/c1-13-43(6)65(107-80(129)59(38-42(4)5)106-79(128)61(40-64(114)115)104-69(118)45(8)94-73(122)54(24-20-36-92-84(90)91)99-76(125)56(30-32-63(112)113)98-67(116)44(7)93-72(121)52(88)21-14-17-33-85)81(130)96-47(10)70(119)103-60(39-50-25-27-51(110)28-26-50)78(127)105-58(37-41(2)3)77(126)100-53(22-15-18-34-86)75(124)101-55(29-31-62(89)111)74(123)95-48(11)71(120)108-66(49(12)109)82(131)97-46(9)68(117)102-57(83(132)133)23-16-19-35-87/h25-28,41-49,52-61,65-66,109-110H,13-24,29-40,85-88H2,1-12H3,(H2,89,111)(H,93,121)(H,94,122)(H,95,123)(H,96,130)(H,97,131)(H,98,116)(H,99,125)(H,100,126)(H,101,124)(H,102,117)(H,103,119)(H,104,118)(H,105,127)(H,106,128)(H,107,129)(H,108,120)(H,112,113)(H,114,115)(H,132,133)(H4,90,91,92)/t43-,44-,45-,46-,47-,48-,49+,52-,53-,54-,55-,56-,57-,58-,59-,60-,61-,65-,66-/m0/s1. The van der Waals surface area contributed by atoms with Crippen molar-refractivity contribution >= 4 is 124 Å². The van der Waals surface area contributed by atoms with Gasteiger partial charge in [-0.2, -0.15) is 0 Å². The fraction of sp³-hybridized carbons (Fsp3) is 0.679. The highest BCUT2D eigenvalue weighted by Crippen LogP contribution is 2.18. The lowest BCUT2D eigenvalue weighted by molar-refractivity contribution is -0.142. The summed E-state index contributed by atoms with van der Waals surface area (Å²) >= 11 is 0. The van der Waals surface area contributed by atoms with E-state index < -0.39 is 277 Å². The highest BCUT2D eigenvalue weighted by atomic mass is 16.4. The first-order valence-corrected chi connectivity index (χ1v) is 44.5. The van der Waals surface area contributed by atoms with Gasteiger partial charge in [-0.1, -0.05) is 66.5 Å². The molecule has 750 valence electrons. The van der Waals surface area contributed by atoms with Crippen molar-refractivity contribution in [2.45, 2.75) is 320 Å². The van der Waals surface area contributed by atoms with E-state index in [1.165, 1.54) is 52.0 Å². The van der Waals surface area contributed by atoms with Crippen LogP contribution in [-0.2, 0) is 102 Å². The molecule has 0 aliphatic heterocycles. The summed E-state index contributed by atoms with van der Waals surface area (Å²) in [5.74, 6) is -23.7. The van der Waals surface area contributed by atoms with Crippen LogP contribution in [0.25, 0.3) is 0 Å². The lowest BCUT2D eigenvalue weighted by Crippen LogP contribution is -2.61. The van der Waals surface area contributed by atoms with Crippen LogP contribution in [-0.4, -0.2) is 285 Å². The number of carbonyl (C=O) groups excluding carboxylic acids is 17. The number of phenolic OH excluding ortho intramolecular Hbond substituents is 1. The third-order valence-electron chi connectivity index (χ3n) is 21.0. The zero-order valence-corrected chi connectivity index (χ0v) is 77.8. The van der Waals surface area contributed by atoms with Gasteiger partial charge in [-0.15, -0.1) is 0 Å². The number of hydrogen-bond donors (Lipinski definition) is 29. The lowest BCUT2D eigenvalue weighted by Gasteiger charge is -2.29. The molecule has 1 rings (SSSR count). The number of carbonyl (C=O) groups is 20. The molecule has 0 aliphatic carbocycles. The van der Waals surface area contributed by atoms with Gasteiger partial charge in [0.1, 0.15) is 102 Å². The predicted molar refractivity (Wildman–Crippen MR) is 482 cm³/mol. The maximum absolute atomic E-state index is 14.8. The molecule has 17 amide bonds. The number of rotatable bonds is 66. The number of aliphatic hydroxyl groups is 1. The van der Waals surface area contributed by atoms with Crippen LogP contribution >= 0.6 is 0 Å². The molecular weight excluding hydrogens is 1750 g/mol. The number of primary amides is 1. The van der Waals surface area contributed by atoms with E-state index in [4.69, 9.17) is 39.8 Å². The Morgan fingerprint density at radius 1 is 0.353 bits per heavy atom. The van der Waals surface area contributed by atoms with E-state index in [1.807, 2.05) is 0 Å². The molecule has 35 N–H and O–H groups in total. The molecule has 0 fully saturated rings. The predicted octanol–water partition coefficient (Wildman–Crippen LogP) is -7.02. The molecule has 49 nitrogen and oxygen atoms in total. The third-order valence-corrected chi connectivity index (χ3v) is 21.0. The summed E-state index contributed by atoms with van der Waals surface area (Å²) in [6.45, 7) is 17.9. The molecule has 49 heteroatoms. The molecule has 1 aromatic carbocycles. The quantitative estimate of drug-likeness (QED) is 0.0164. The Morgan fingerprint density at radius 2 is 0.677 bits per heavy atom. The van der Waals surface area contributed by atoms with Gasteiger partial charge in [0, 0.05) is 25.8 Å². The van der Waals surface area contributed by atoms with Gasteiger partial charge in [0.25, 0.3) is 0 Å². The summed E-state index contributed by atoms with van der Waals surface area (Å²) in [4.78, 5) is 272. The summed E-state index contributed by atoms with van der Waals surface area (Å²) in [6, 6.07) is -20.6. The zero-order chi connectivity index (χ0) is 101. The van der Waals surface area contributed by atoms with E-state index in [1.54, 1.807) is 41.5 Å². The SMILES string of the molecule is CC[C@H](C)[C@H](NC(=O)[C@H](CC(C)C)NC(=O)[C@H](CC(=O)O)NC(=O)[C@H](C)NC(=O)[C@H](CCCNC(=N)N)NC(=O)[C@H](CCC(=O)O)NC(=O)[C@H](C)NC(=O)[C@@H](N)CCCCN)C(=O)N[C@@H](C)C(=O)N[C@@H](Cc1ccc(O)cc1)C(=O)N[C@@H](CC(C)C)C(=O)N[C@@H](CCCCN)C(=O)N[C@@H](CCC(N)=O)C(=O)N[C@@H](C)C(=O)N[C@H](C(=O)N[C@@H](C)C(=O)N[C@@H](CCCCN)C(=O)O)[C@@H](C)O. The Kier molecular flexibility index (Phi) is 55.2. The topological polar surface area (TPSA) is 827 Å². The fourth-order valence-electron chi connectivity index (χ4n) is 13.0. The molecule has 19 atom stereocenters. The number of benzene rings is 1. The molecule has 0 saturated heterocycles. The van der Waals surface area contributed by atoms with Crippen molar-refractivity contribution in [1.29, 1.82) is 5.41 Å². The Hall–Kier alpha value is -12.5. The van der Waals surface area contributed by atoms with Crippen LogP contribution in [0.4, 0.5) is 0 Å². The van der Waals surface area contributed by atoms with Gasteiger partial charge in [-0.05, 0) is 187 Å². The second kappa shape index (κ2) is 62.0. The van der Waals surface area contributed by atoms with Gasteiger partial charge in [0.2, 0.25) is 100 Å². The summed E-state index contributed by atoms with van der Waals surface area (Å²) in [5.41, 5.74) is 34.1. The number of carboxylic acids is 3. The number of phenols is 1. The Balaban J connectivity index is 3.63. The summed E-state index contributed by atoms with van der Waals surface area (Å²) in [5, 5.41) is 99.1. The van der Waals surface area contributed by atoms with Gasteiger partial charge in [0.15, 0.2) is 5.96 Å². The van der Waals surface area contributed by atoms with Gasteiger partial charge < -0.3 is 150 Å². The van der Waals surface area contributed by atoms with Crippen molar-refractivity contribution in [3.63, 3.8) is 0 Å². The van der Waals surface area contributed by atoms with Crippen LogP contribution in [0.1, 0.15) is 211 Å². The normalized spacial score (nSPS) is 15.5. The maximum atomic E-state index is 14.8. The van der Waals surface area contributed by atoms with E-state index in [9.17, 15) is 121 Å². The Bertz CT molecular complexity index is 4070. The van der Waals surface area contributed by atoms with Gasteiger partial charge >= 0.3 is 17.9 Å². The van der Waals surface area contributed by atoms with Crippen LogP contribution in [0.15, 0.2) is 24.3 Å². The minimum Gasteiger partial charge on any atom is -0.508 e. The first kappa shape index (κ1) is 118. The second-order valence-corrected chi connectivity index (χ2v) is 33.7. The molecule has 0 saturated carbocycles. The van der Waals surface area contributed by atoms with E-state index in [0.29, 0.717) is 44.2 Å². The number of carboxylic acid groups (broad SMARTS) is 3. The van der Waals surface area contributed by atoms with E-state index >= 15 is 0 Å². The molecule has 133 heavy (non-hydrogen) atoms. The number of amides is 17. The van der Waals surface area contributed by atoms with Gasteiger partial charge in [0.05, 0.1) is 18.6 Å². The van der Waals surface area contributed by atoms with Crippen LogP contribution in [0.2, 0.25) is 0 Å². The number of aliphatic carboxylic acids is 3. The number of hydrogen-bond acceptors (Lipinski definition) is 27. The van der Waals surface area contributed by atoms with E-state index in [2.05, 4.69) is 90.4 Å². The molecule has 1 aromatic rings. The summed E-state index contributed by atoms with van der Waals surface area (Å²) in [7, 11) is 0. The Morgan fingerprint density at radius 3 is 1.08 bits per heavy atom.